The molecule has 3 N–H and O–H groups in total. The van der Waals surface area contributed by atoms with Crippen LogP contribution in [-0.2, 0) is 14.4 Å². The first-order chi connectivity index (χ1) is 9.38. The molecule has 0 aromatic rings. The van der Waals surface area contributed by atoms with Crippen LogP contribution in [0.2, 0.25) is 0 Å². The van der Waals surface area contributed by atoms with Gasteiger partial charge in [-0.3, -0.25) is 14.4 Å². The Labute approximate surface area is 137 Å². The largest absolute Gasteiger partial charge is 0.512 e. The fourth-order valence-electron chi connectivity index (χ4n) is 0.882. The third-order valence-electron chi connectivity index (χ3n) is 1.24. The maximum atomic E-state index is 10.0. The van der Waals surface area contributed by atoms with Crippen molar-refractivity contribution >= 4 is 29.8 Å². The number of hydrogen-bond donors (Lipinski definition) is 3. The van der Waals surface area contributed by atoms with Crippen molar-refractivity contribution in [2.24, 2.45) is 0 Å². The van der Waals surface area contributed by atoms with E-state index in [0.29, 0.717) is 0 Å². The summed E-state index contributed by atoms with van der Waals surface area (Å²) in [6.45, 7) is 8.54. The highest BCUT2D eigenvalue weighted by atomic mass is 35.5. The van der Waals surface area contributed by atoms with Gasteiger partial charge in [0.25, 0.3) is 0 Å². The first-order valence-corrected chi connectivity index (χ1v) is 6.02. The van der Waals surface area contributed by atoms with E-state index in [2.05, 4.69) is 0 Å². The Balaban J connectivity index is -0.000000108. The molecule has 0 rings (SSSR count). The Bertz CT molecular complexity index is 368. The monoisotopic (exact) mass is 336 g/mol. The molecule has 0 aliphatic rings. The SMILES string of the molecule is CC(=O)/C=C(/C)O.CC(=O)/C=C(/C)O.CC(=O)/C=C(/C)O.Cl. The fraction of sp³-hybridized carbons (Fsp3) is 0.400. The van der Waals surface area contributed by atoms with Gasteiger partial charge < -0.3 is 15.3 Å². The summed E-state index contributed by atoms with van der Waals surface area (Å²) in [4.78, 5) is 30.1. The molecule has 0 saturated heterocycles. The Hall–Kier alpha value is -2.08. The van der Waals surface area contributed by atoms with Crippen LogP contribution in [0.1, 0.15) is 41.5 Å². The summed E-state index contributed by atoms with van der Waals surface area (Å²) in [5.74, 6) is -0.187. The van der Waals surface area contributed by atoms with E-state index in [1.807, 2.05) is 0 Å². The molecular formula is C15H25ClO6. The van der Waals surface area contributed by atoms with Gasteiger partial charge in [-0.15, -0.1) is 12.4 Å². The summed E-state index contributed by atoms with van der Waals surface area (Å²) < 4.78 is 0. The summed E-state index contributed by atoms with van der Waals surface area (Å²) in [5, 5.41) is 25.1. The molecule has 0 aliphatic carbocycles. The molecule has 0 saturated carbocycles. The Morgan fingerprint density at radius 2 is 0.682 bits per heavy atom. The highest BCUT2D eigenvalue weighted by Crippen LogP contribution is 1.83. The van der Waals surface area contributed by atoms with Crippen LogP contribution < -0.4 is 0 Å². The number of halogens is 1. The van der Waals surface area contributed by atoms with Crippen molar-refractivity contribution in [1.29, 1.82) is 0 Å². The zero-order valence-electron chi connectivity index (χ0n) is 13.7. The fourth-order valence-corrected chi connectivity index (χ4v) is 0.882. The van der Waals surface area contributed by atoms with E-state index in [4.69, 9.17) is 15.3 Å². The lowest BCUT2D eigenvalue weighted by atomic mass is 10.4. The van der Waals surface area contributed by atoms with Crippen LogP contribution in [0.15, 0.2) is 35.5 Å². The molecule has 0 aromatic carbocycles. The number of aliphatic hydroxyl groups is 3. The van der Waals surface area contributed by atoms with Crippen LogP contribution in [0.4, 0.5) is 0 Å². The van der Waals surface area contributed by atoms with Crippen molar-refractivity contribution < 1.29 is 29.7 Å². The number of aliphatic hydroxyl groups excluding tert-OH is 3. The number of ketones is 3. The van der Waals surface area contributed by atoms with Gasteiger partial charge in [0.15, 0.2) is 17.3 Å². The lowest BCUT2D eigenvalue weighted by molar-refractivity contribution is -0.113. The lowest BCUT2D eigenvalue weighted by Crippen LogP contribution is -1.82. The van der Waals surface area contributed by atoms with Gasteiger partial charge in [0.05, 0.1) is 17.3 Å². The van der Waals surface area contributed by atoms with Crippen LogP contribution >= 0.6 is 12.4 Å². The predicted octanol–water partition coefficient (Wildman–Crippen LogP) is 3.53. The van der Waals surface area contributed by atoms with Crippen LogP contribution in [0.5, 0.6) is 0 Å². The van der Waals surface area contributed by atoms with E-state index in [0.717, 1.165) is 0 Å². The van der Waals surface area contributed by atoms with Gasteiger partial charge >= 0.3 is 0 Å². The van der Waals surface area contributed by atoms with Crippen molar-refractivity contribution in [3.8, 4) is 0 Å². The Morgan fingerprint density at radius 3 is 0.682 bits per heavy atom. The van der Waals surface area contributed by atoms with Crippen molar-refractivity contribution in [1.82, 2.24) is 0 Å². The standard InChI is InChI=1S/3C5H8O2.ClH/c3*1-4(6)3-5(2)7;/h3*3,6H,1-2H3;1H/b3*4-3-;. The number of allylic oxidation sites excluding steroid dienone is 6. The van der Waals surface area contributed by atoms with E-state index in [1.54, 1.807) is 0 Å². The molecule has 0 unspecified atom stereocenters. The van der Waals surface area contributed by atoms with Crippen molar-refractivity contribution in [2.45, 2.75) is 41.5 Å². The minimum absolute atomic E-state index is 0. The molecule has 22 heavy (non-hydrogen) atoms. The van der Waals surface area contributed by atoms with Crippen molar-refractivity contribution in [3.05, 3.63) is 35.5 Å². The average molecular weight is 337 g/mol. The zero-order valence-corrected chi connectivity index (χ0v) is 14.5. The molecule has 0 amide bonds. The molecule has 0 atom stereocenters. The normalized spacial score (nSPS) is 10.9. The first-order valence-electron chi connectivity index (χ1n) is 6.02. The molecule has 0 heterocycles. The molecule has 0 fully saturated rings. The third-order valence-corrected chi connectivity index (χ3v) is 1.24. The number of carbonyl (C=O) groups is 3. The molecule has 0 bridgehead atoms. The second kappa shape index (κ2) is 17.0. The number of rotatable bonds is 3. The maximum Gasteiger partial charge on any atom is 0.155 e. The van der Waals surface area contributed by atoms with Gasteiger partial charge in [-0.05, 0) is 41.5 Å². The molecule has 0 spiro atoms. The van der Waals surface area contributed by atoms with Gasteiger partial charge in [-0.25, -0.2) is 0 Å². The molecule has 0 aromatic heterocycles. The second-order valence-electron chi connectivity index (χ2n) is 4.19. The molecule has 128 valence electrons. The molecule has 6 nitrogen and oxygen atoms in total. The smallest absolute Gasteiger partial charge is 0.155 e. The molecule has 7 heteroatoms. The van der Waals surface area contributed by atoms with Crippen LogP contribution in [-0.4, -0.2) is 32.7 Å². The third kappa shape index (κ3) is 52.1. The van der Waals surface area contributed by atoms with Crippen molar-refractivity contribution in [3.63, 3.8) is 0 Å². The number of hydrogen-bond acceptors (Lipinski definition) is 6. The van der Waals surface area contributed by atoms with Gasteiger partial charge in [-0.2, -0.15) is 0 Å². The minimum atomic E-state index is -0.125. The molecular weight excluding hydrogens is 312 g/mol. The minimum Gasteiger partial charge on any atom is -0.512 e. The highest BCUT2D eigenvalue weighted by molar-refractivity contribution is 5.88. The Kier molecular flexibility index (Phi) is 21.7. The topological polar surface area (TPSA) is 112 Å². The van der Waals surface area contributed by atoms with Gasteiger partial charge in [-0.1, -0.05) is 0 Å². The van der Waals surface area contributed by atoms with E-state index in [1.165, 1.54) is 59.8 Å². The predicted molar refractivity (Wildman–Crippen MR) is 88.4 cm³/mol. The summed E-state index contributed by atoms with van der Waals surface area (Å²) in [6, 6.07) is 0. The summed E-state index contributed by atoms with van der Waals surface area (Å²) in [7, 11) is 0. The maximum absolute atomic E-state index is 10.0. The molecule has 0 radical (unpaired) electrons. The van der Waals surface area contributed by atoms with Crippen molar-refractivity contribution in [2.75, 3.05) is 0 Å². The van der Waals surface area contributed by atoms with E-state index < -0.39 is 0 Å². The molecule has 0 aliphatic heterocycles. The highest BCUT2D eigenvalue weighted by Gasteiger charge is 1.84. The quantitative estimate of drug-likeness (QED) is 0.537. The lowest BCUT2D eigenvalue weighted by Gasteiger charge is -1.80. The summed E-state index contributed by atoms with van der Waals surface area (Å²) in [5.41, 5.74) is 0. The zero-order chi connectivity index (χ0) is 17.6. The van der Waals surface area contributed by atoms with E-state index in [-0.39, 0.29) is 47.0 Å². The number of carbonyl (C=O) groups excluding carboxylic acids is 3. The van der Waals surface area contributed by atoms with Gasteiger partial charge in [0.2, 0.25) is 0 Å². The summed E-state index contributed by atoms with van der Waals surface area (Å²) >= 11 is 0. The Morgan fingerprint density at radius 1 is 0.545 bits per heavy atom. The van der Waals surface area contributed by atoms with E-state index >= 15 is 0 Å². The summed E-state index contributed by atoms with van der Waals surface area (Å²) in [6.07, 6.45) is 3.50. The van der Waals surface area contributed by atoms with Crippen LogP contribution in [0, 0.1) is 0 Å². The van der Waals surface area contributed by atoms with Gasteiger partial charge in [0, 0.05) is 18.2 Å². The van der Waals surface area contributed by atoms with Crippen LogP contribution in [0.25, 0.3) is 0 Å². The second-order valence-corrected chi connectivity index (χ2v) is 4.19. The average Bonchev–Trinajstić information content (AvgIpc) is 2.10. The van der Waals surface area contributed by atoms with E-state index in [9.17, 15) is 14.4 Å². The van der Waals surface area contributed by atoms with Crippen LogP contribution in [0.3, 0.4) is 0 Å². The first kappa shape index (κ1) is 28.1. The van der Waals surface area contributed by atoms with Gasteiger partial charge in [0.1, 0.15) is 0 Å².